The molecular formula is C21H26F2N6. The molecule has 3 rings (SSSR count). The Hall–Kier alpha value is -3.03. The van der Waals surface area contributed by atoms with E-state index < -0.39 is 5.83 Å². The van der Waals surface area contributed by atoms with E-state index in [0.29, 0.717) is 16.9 Å². The van der Waals surface area contributed by atoms with Gasteiger partial charge in [0.05, 0.1) is 11.9 Å². The molecule has 29 heavy (non-hydrogen) atoms. The van der Waals surface area contributed by atoms with Crippen molar-refractivity contribution in [1.29, 1.82) is 0 Å². The van der Waals surface area contributed by atoms with Gasteiger partial charge in [-0.25, -0.2) is 18.8 Å². The Kier molecular flexibility index (Phi) is 6.41. The lowest BCUT2D eigenvalue weighted by molar-refractivity contribution is 0.532. The maximum atomic E-state index is 14.5. The van der Waals surface area contributed by atoms with Crippen LogP contribution in [0, 0.1) is 5.82 Å². The van der Waals surface area contributed by atoms with Crippen LogP contribution in [-0.4, -0.2) is 35.5 Å². The van der Waals surface area contributed by atoms with Gasteiger partial charge < -0.3 is 10.2 Å². The third kappa shape index (κ3) is 4.88. The van der Waals surface area contributed by atoms with E-state index in [0.717, 1.165) is 25.9 Å². The average molecular weight is 400 g/mol. The summed E-state index contributed by atoms with van der Waals surface area (Å²) in [5, 5.41) is 7.13. The van der Waals surface area contributed by atoms with Crippen molar-refractivity contribution in [3.8, 4) is 0 Å². The van der Waals surface area contributed by atoms with Crippen LogP contribution in [0.25, 0.3) is 5.70 Å². The molecule has 0 radical (unpaired) electrons. The molecule has 1 N–H and O–H groups in total. The number of aliphatic imine (C=N–C) groups is 2. The first-order chi connectivity index (χ1) is 13.9. The number of halogens is 2. The Bertz CT molecular complexity index is 934. The van der Waals surface area contributed by atoms with E-state index in [1.54, 1.807) is 29.2 Å². The molecule has 1 aromatic heterocycles. The van der Waals surface area contributed by atoms with Crippen LogP contribution in [-0.2, 0) is 0 Å². The van der Waals surface area contributed by atoms with E-state index in [-0.39, 0.29) is 23.5 Å². The second kappa shape index (κ2) is 8.98. The highest BCUT2D eigenvalue weighted by Crippen LogP contribution is 2.27. The number of benzene rings is 1. The lowest BCUT2D eigenvalue weighted by Gasteiger charge is -2.19. The van der Waals surface area contributed by atoms with Gasteiger partial charge in [-0.05, 0) is 58.5 Å². The maximum Gasteiger partial charge on any atom is 0.227 e. The summed E-state index contributed by atoms with van der Waals surface area (Å²) >= 11 is 0. The third-order valence-electron chi connectivity index (χ3n) is 4.75. The minimum Gasteiger partial charge on any atom is -0.369 e. The molecular weight excluding hydrogens is 374 g/mol. The zero-order valence-corrected chi connectivity index (χ0v) is 17.0. The van der Waals surface area contributed by atoms with Gasteiger partial charge >= 0.3 is 0 Å². The predicted molar refractivity (Wildman–Crippen MR) is 115 cm³/mol. The second-order valence-corrected chi connectivity index (χ2v) is 7.26. The minimum atomic E-state index is -0.480. The number of hydrogen-bond donors (Lipinski definition) is 1. The molecule has 6 nitrogen and oxygen atoms in total. The maximum absolute atomic E-state index is 14.5. The van der Waals surface area contributed by atoms with Gasteiger partial charge in [-0.1, -0.05) is 0 Å². The Morgan fingerprint density at radius 3 is 2.55 bits per heavy atom. The largest absolute Gasteiger partial charge is 0.369 e. The summed E-state index contributed by atoms with van der Waals surface area (Å²) in [6, 6.07) is 5.01. The molecule has 1 fully saturated rings. The van der Waals surface area contributed by atoms with E-state index in [1.165, 1.54) is 13.0 Å². The van der Waals surface area contributed by atoms with Crippen molar-refractivity contribution >= 4 is 29.7 Å². The van der Waals surface area contributed by atoms with Gasteiger partial charge in [0.1, 0.15) is 17.3 Å². The number of nitrogens with zero attached hydrogens (tertiary/aromatic N) is 5. The Morgan fingerprint density at radius 2 is 2.00 bits per heavy atom. The lowest BCUT2D eigenvalue weighted by Crippen LogP contribution is -2.19. The van der Waals surface area contributed by atoms with Gasteiger partial charge in [0.25, 0.3) is 0 Å². The van der Waals surface area contributed by atoms with Gasteiger partial charge in [-0.3, -0.25) is 4.68 Å². The summed E-state index contributed by atoms with van der Waals surface area (Å²) < 4.78 is 30.4. The standard InChI is InChI=1S/C21H26F2N6/c1-14(2)29-13-16(12-25-29)20(15(3)22)27-21(24-4)26-17-7-8-19(18(23)11-17)28-9-5-6-10-28/h7-8,11-14H,4-6,9-10H2,1-3H3,(H,26,27)/b20-15+. The molecule has 0 saturated carbocycles. The van der Waals surface area contributed by atoms with Crippen molar-refractivity contribution in [2.24, 2.45) is 9.98 Å². The number of allylic oxidation sites excluding steroid dienone is 1. The molecule has 1 aliphatic rings. The van der Waals surface area contributed by atoms with Crippen LogP contribution < -0.4 is 10.2 Å². The van der Waals surface area contributed by atoms with Crippen LogP contribution >= 0.6 is 0 Å². The van der Waals surface area contributed by atoms with Crippen molar-refractivity contribution in [2.75, 3.05) is 23.3 Å². The fourth-order valence-corrected chi connectivity index (χ4v) is 3.22. The molecule has 1 saturated heterocycles. The zero-order valence-electron chi connectivity index (χ0n) is 17.0. The predicted octanol–water partition coefficient (Wildman–Crippen LogP) is 5.03. The van der Waals surface area contributed by atoms with Gasteiger partial charge in [0, 0.05) is 36.6 Å². The Morgan fingerprint density at radius 1 is 1.28 bits per heavy atom. The highest BCUT2D eigenvalue weighted by molar-refractivity contribution is 5.99. The third-order valence-corrected chi connectivity index (χ3v) is 4.75. The molecule has 2 heterocycles. The van der Waals surface area contributed by atoms with Crippen molar-refractivity contribution in [1.82, 2.24) is 9.78 Å². The quantitative estimate of drug-likeness (QED) is 0.566. The smallest absolute Gasteiger partial charge is 0.227 e. The van der Waals surface area contributed by atoms with Crippen molar-refractivity contribution in [2.45, 2.75) is 39.7 Å². The average Bonchev–Trinajstić information content (AvgIpc) is 3.37. The topological polar surface area (TPSA) is 57.8 Å². The summed E-state index contributed by atoms with van der Waals surface area (Å²) in [6.07, 6.45) is 5.41. The summed E-state index contributed by atoms with van der Waals surface area (Å²) in [5.41, 5.74) is 1.67. The number of hydrogen-bond acceptors (Lipinski definition) is 3. The SMILES string of the molecule is C=N/C(=N\C(=C(/C)F)c1cnn(C(C)C)c1)Nc1ccc(N2CCCC2)c(F)c1. The minimum absolute atomic E-state index is 0.0719. The van der Waals surface area contributed by atoms with E-state index in [1.807, 2.05) is 18.7 Å². The van der Waals surface area contributed by atoms with Gasteiger partial charge in [-0.15, -0.1) is 0 Å². The molecule has 1 aromatic carbocycles. The Labute approximate surface area is 169 Å². The van der Waals surface area contributed by atoms with Crippen molar-refractivity contribution in [3.05, 3.63) is 47.8 Å². The number of nitrogens with one attached hydrogen (secondary N) is 1. The highest BCUT2D eigenvalue weighted by Gasteiger charge is 2.17. The number of aromatic nitrogens is 2. The first kappa shape index (κ1) is 20.7. The number of anilines is 2. The van der Waals surface area contributed by atoms with Gasteiger partial charge in [-0.2, -0.15) is 5.10 Å². The van der Waals surface area contributed by atoms with E-state index >= 15 is 0 Å². The van der Waals surface area contributed by atoms with Gasteiger partial charge in [0.2, 0.25) is 5.96 Å². The molecule has 0 bridgehead atoms. The molecule has 0 aliphatic carbocycles. The van der Waals surface area contributed by atoms with Crippen LogP contribution in [0.3, 0.4) is 0 Å². The van der Waals surface area contributed by atoms with Crippen LogP contribution in [0.4, 0.5) is 20.2 Å². The fraction of sp³-hybridized carbons (Fsp3) is 0.381. The van der Waals surface area contributed by atoms with E-state index in [4.69, 9.17) is 0 Å². The summed E-state index contributed by atoms with van der Waals surface area (Å²) in [4.78, 5) is 10.1. The second-order valence-electron chi connectivity index (χ2n) is 7.26. The summed E-state index contributed by atoms with van der Waals surface area (Å²) in [6.45, 7) is 10.5. The van der Waals surface area contributed by atoms with Crippen LogP contribution in [0.1, 0.15) is 45.2 Å². The highest BCUT2D eigenvalue weighted by atomic mass is 19.1. The molecule has 0 atom stereocenters. The van der Waals surface area contributed by atoms with Crippen molar-refractivity contribution in [3.63, 3.8) is 0 Å². The van der Waals surface area contributed by atoms with Crippen LogP contribution in [0.15, 0.2) is 46.4 Å². The Balaban J connectivity index is 1.83. The first-order valence-corrected chi connectivity index (χ1v) is 9.67. The molecule has 2 aromatic rings. The van der Waals surface area contributed by atoms with Crippen molar-refractivity contribution < 1.29 is 8.78 Å². The van der Waals surface area contributed by atoms with Crippen LogP contribution in [0.2, 0.25) is 0 Å². The molecule has 0 spiro atoms. The molecule has 0 unspecified atom stereocenters. The summed E-state index contributed by atoms with van der Waals surface area (Å²) in [7, 11) is 0. The normalized spacial score (nSPS) is 15.7. The molecule has 0 amide bonds. The zero-order chi connectivity index (χ0) is 21.0. The molecule has 154 valence electrons. The van der Waals surface area contributed by atoms with E-state index in [9.17, 15) is 8.78 Å². The first-order valence-electron chi connectivity index (χ1n) is 9.67. The van der Waals surface area contributed by atoms with Crippen LogP contribution in [0.5, 0.6) is 0 Å². The van der Waals surface area contributed by atoms with Gasteiger partial charge in [0.15, 0.2) is 0 Å². The molecule has 8 heteroatoms. The van der Waals surface area contributed by atoms with E-state index in [2.05, 4.69) is 27.1 Å². The fourth-order valence-electron chi connectivity index (χ4n) is 3.22. The molecule has 1 aliphatic heterocycles. The summed E-state index contributed by atoms with van der Waals surface area (Å²) in [5.74, 6) is -0.731. The number of rotatable bonds is 5. The lowest BCUT2D eigenvalue weighted by atomic mass is 10.2. The monoisotopic (exact) mass is 400 g/mol. The number of guanidine groups is 1.